The Morgan fingerprint density at radius 1 is 1.32 bits per heavy atom. The van der Waals surface area contributed by atoms with Crippen molar-refractivity contribution >= 4 is 23.4 Å². The largest absolute Gasteiger partial charge is 0.496 e. The minimum Gasteiger partial charge on any atom is -0.496 e. The predicted molar refractivity (Wildman–Crippen MR) is 87.1 cm³/mol. The number of hydrogen-bond acceptors (Lipinski definition) is 3. The van der Waals surface area contributed by atoms with E-state index in [1.165, 1.54) is 7.11 Å². The smallest absolute Gasteiger partial charge is 0.255 e. The van der Waals surface area contributed by atoms with E-state index in [4.69, 9.17) is 16.3 Å². The Hall–Kier alpha value is -2.01. The third-order valence-electron chi connectivity index (χ3n) is 3.04. The average Bonchev–Trinajstić information content (AvgIpc) is 2.49. The molecule has 6 heteroatoms. The molecule has 0 spiro atoms. The van der Waals surface area contributed by atoms with E-state index in [9.17, 15) is 9.59 Å². The van der Waals surface area contributed by atoms with E-state index < -0.39 is 6.04 Å². The minimum absolute atomic E-state index is 0.0813. The average molecular weight is 325 g/mol. The quantitative estimate of drug-likeness (QED) is 0.809. The Labute approximate surface area is 135 Å². The number of hydrogen-bond donors (Lipinski definition) is 2. The number of para-hydroxylation sites is 1. The zero-order valence-corrected chi connectivity index (χ0v) is 13.7. The summed E-state index contributed by atoms with van der Waals surface area (Å²) in [6, 6.07) is 6.17. The number of methoxy groups -OCH3 is 1. The molecule has 1 aromatic rings. The fourth-order valence-electron chi connectivity index (χ4n) is 1.88. The Bertz CT molecular complexity index is 558. The van der Waals surface area contributed by atoms with Gasteiger partial charge in [-0.2, -0.15) is 0 Å². The lowest BCUT2D eigenvalue weighted by Gasteiger charge is -2.22. The van der Waals surface area contributed by atoms with Gasteiger partial charge in [0.2, 0.25) is 5.91 Å². The molecule has 0 radical (unpaired) electrons. The van der Waals surface area contributed by atoms with Gasteiger partial charge in [0.15, 0.2) is 0 Å². The molecule has 2 amide bonds. The van der Waals surface area contributed by atoms with Crippen LogP contribution >= 0.6 is 11.6 Å². The van der Waals surface area contributed by atoms with Crippen molar-refractivity contribution < 1.29 is 14.3 Å². The molecule has 0 saturated carbocycles. The summed E-state index contributed by atoms with van der Waals surface area (Å²) in [5, 5.41) is 5.69. The number of ether oxygens (including phenoxy) is 1. The second-order valence-electron chi connectivity index (χ2n) is 5.13. The second kappa shape index (κ2) is 8.44. The molecule has 120 valence electrons. The van der Waals surface area contributed by atoms with Gasteiger partial charge in [-0.05, 0) is 18.1 Å². The van der Waals surface area contributed by atoms with Gasteiger partial charge < -0.3 is 15.4 Å². The maximum absolute atomic E-state index is 12.4. The van der Waals surface area contributed by atoms with Crippen molar-refractivity contribution in [3.8, 4) is 5.75 Å². The summed E-state index contributed by atoms with van der Waals surface area (Å²) >= 11 is 5.63. The van der Waals surface area contributed by atoms with Gasteiger partial charge in [0, 0.05) is 5.03 Å². The molecule has 0 bridgehead atoms. The van der Waals surface area contributed by atoms with Crippen LogP contribution in [-0.4, -0.2) is 31.5 Å². The van der Waals surface area contributed by atoms with E-state index in [2.05, 4.69) is 17.2 Å². The van der Waals surface area contributed by atoms with Crippen molar-refractivity contribution in [1.82, 2.24) is 10.6 Å². The van der Waals surface area contributed by atoms with Crippen LogP contribution in [0.1, 0.15) is 24.2 Å². The molecule has 0 aliphatic carbocycles. The summed E-state index contributed by atoms with van der Waals surface area (Å²) in [4.78, 5) is 24.5. The van der Waals surface area contributed by atoms with Crippen LogP contribution in [0.2, 0.25) is 0 Å². The predicted octanol–water partition coefficient (Wildman–Crippen LogP) is 2.32. The molecule has 1 rings (SSSR count). The van der Waals surface area contributed by atoms with Crippen molar-refractivity contribution in [2.24, 2.45) is 5.92 Å². The van der Waals surface area contributed by atoms with Crippen LogP contribution < -0.4 is 15.4 Å². The standard InChI is InChI=1S/C16H21ClN2O3/c1-10(2)14(16(21)18-9-11(3)17)19-15(20)12-7-5-6-8-13(12)22-4/h5-8,10,14H,3,9H2,1-2,4H3,(H,18,21)(H,19,20)/t14-/m1/s1. The van der Waals surface area contributed by atoms with Gasteiger partial charge in [0.25, 0.3) is 5.91 Å². The van der Waals surface area contributed by atoms with Crippen LogP contribution in [0.4, 0.5) is 0 Å². The molecule has 0 aromatic heterocycles. The lowest BCUT2D eigenvalue weighted by molar-refractivity contribution is -0.123. The summed E-state index contributed by atoms with van der Waals surface area (Å²) in [7, 11) is 1.49. The summed E-state index contributed by atoms with van der Waals surface area (Å²) in [6.45, 7) is 7.37. The maximum Gasteiger partial charge on any atom is 0.255 e. The first kappa shape index (κ1) is 18.0. The lowest BCUT2D eigenvalue weighted by Crippen LogP contribution is -2.50. The molecule has 0 heterocycles. The number of nitrogens with one attached hydrogen (secondary N) is 2. The van der Waals surface area contributed by atoms with Crippen molar-refractivity contribution in [3.63, 3.8) is 0 Å². The molecule has 1 atom stereocenters. The summed E-state index contributed by atoms with van der Waals surface area (Å²) in [5.41, 5.74) is 0.380. The van der Waals surface area contributed by atoms with Crippen LogP contribution in [0.25, 0.3) is 0 Å². The molecule has 5 nitrogen and oxygen atoms in total. The number of amides is 2. The van der Waals surface area contributed by atoms with E-state index in [0.29, 0.717) is 16.3 Å². The molecule has 0 aliphatic rings. The molecule has 2 N–H and O–H groups in total. The molecule has 22 heavy (non-hydrogen) atoms. The molecule has 0 aliphatic heterocycles. The van der Waals surface area contributed by atoms with Gasteiger partial charge in [0.05, 0.1) is 19.2 Å². The van der Waals surface area contributed by atoms with Gasteiger partial charge in [0.1, 0.15) is 11.8 Å². The fourth-order valence-corrected chi connectivity index (χ4v) is 1.95. The van der Waals surface area contributed by atoms with E-state index in [-0.39, 0.29) is 24.3 Å². The van der Waals surface area contributed by atoms with Crippen molar-refractivity contribution in [2.75, 3.05) is 13.7 Å². The van der Waals surface area contributed by atoms with Crippen LogP contribution in [0.3, 0.4) is 0 Å². The van der Waals surface area contributed by atoms with Crippen LogP contribution in [0.15, 0.2) is 35.9 Å². The molecule has 0 fully saturated rings. The summed E-state index contributed by atoms with van der Waals surface area (Å²) in [6.07, 6.45) is 0. The highest BCUT2D eigenvalue weighted by Crippen LogP contribution is 2.17. The monoisotopic (exact) mass is 324 g/mol. The molecule has 0 unspecified atom stereocenters. The van der Waals surface area contributed by atoms with Gasteiger partial charge in [-0.3, -0.25) is 9.59 Å². The van der Waals surface area contributed by atoms with Gasteiger partial charge in [-0.25, -0.2) is 0 Å². The first-order chi connectivity index (χ1) is 10.4. The zero-order chi connectivity index (χ0) is 16.7. The Balaban J connectivity index is 2.84. The van der Waals surface area contributed by atoms with E-state index >= 15 is 0 Å². The minimum atomic E-state index is -0.673. The summed E-state index contributed by atoms with van der Waals surface area (Å²) < 4.78 is 5.16. The third kappa shape index (κ3) is 5.07. The molecule has 1 aromatic carbocycles. The Morgan fingerprint density at radius 2 is 1.95 bits per heavy atom. The fraction of sp³-hybridized carbons (Fsp3) is 0.375. The number of benzene rings is 1. The highest BCUT2D eigenvalue weighted by molar-refractivity contribution is 6.29. The van der Waals surface area contributed by atoms with Crippen LogP contribution in [-0.2, 0) is 4.79 Å². The van der Waals surface area contributed by atoms with Gasteiger partial charge >= 0.3 is 0 Å². The van der Waals surface area contributed by atoms with Crippen LogP contribution in [0, 0.1) is 5.92 Å². The summed E-state index contributed by atoms with van der Waals surface area (Å²) in [5.74, 6) is -0.296. The van der Waals surface area contributed by atoms with Gasteiger partial charge in [-0.1, -0.05) is 44.2 Å². The number of halogens is 1. The zero-order valence-electron chi connectivity index (χ0n) is 13.0. The highest BCUT2D eigenvalue weighted by atomic mass is 35.5. The van der Waals surface area contributed by atoms with Crippen molar-refractivity contribution in [3.05, 3.63) is 41.4 Å². The normalized spacial score (nSPS) is 11.7. The Kier molecular flexibility index (Phi) is 6.92. The molecular formula is C16H21ClN2O3. The second-order valence-corrected chi connectivity index (χ2v) is 5.67. The first-order valence-electron chi connectivity index (χ1n) is 6.91. The van der Waals surface area contributed by atoms with Crippen molar-refractivity contribution in [1.29, 1.82) is 0 Å². The maximum atomic E-state index is 12.4. The first-order valence-corrected chi connectivity index (χ1v) is 7.29. The van der Waals surface area contributed by atoms with E-state index in [1.807, 2.05) is 13.8 Å². The molecule has 0 saturated heterocycles. The SMILES string of the molecule is C=C(Cl)CNC(=O)[C@H](NC(=O)c1ccccc1OC)C(C)C. The van der Waals surface area contributed by atoms with Gasteiger partial charge in [-0.15, -0.1) is 0 Å². The number of rotatable bonds is 7. The number of carbonyl (C=O) groups is 2. The topological polar surface area (TPSA) is 67.4 Å². The highest BCUT2D eigenvalue weighted by Gasteiger charge is 2.25. The lowest BCUT2D eigenvalue weighted by atomic mass is 10.0. The van der Waals surface area contributed by atoms with E-state index in [0.717, 1.165) is 0 Å². The Morgan fingerprint density at radius 3 is 2.50 bits per heavy atom. The number of carbonyl (C=O) groups excluding carboxylic acids is 2. The molecular weight excluding hydrogens is 304 g/mol. The van der Waals surface area contributed by atoms with Crippen LogP contribution in [0.5, 0.6) is 5.75 Å². The third-order valence-corrected chi connectivity index (χ3v) is 3.18. The van der Waals surface area contributed by atoms with E-state index in [1.54, 1.807) is 24.3 Å². The van der Waals surface area contributed by atoms with Crippen molar-refractivity contribution in [2.45, 2.75) is 19.9 Å².